The van der Waals surface area contributed by atoms with Crippen molar-refractivity contribution in [3.8, 4) is 0 Å². The number of thiocarbonyl (C=S) groups is 1. The Morgan fingerprint density at radius 1 is 1.35 bits per heavy atom. The number of nitrogens with zero attached hydrogens (tertiary/aromatic N) is 1. The van der Waals surface area contributed by atoms with Crippen LogP contribution in [0.15, 0.2) is 18.2 Å². The molecule has 1 aromatic rings. The maximum Gasteiger partial charge on any atom is 0.227 e. The minimum Gasteiger partial charge on any atom is -0.393 e. The Hall–Kier alpha value is -1.42. The molecule has 20 heavy (non-hydrogen) atoms. The highest BCUT2D eigenvalue weighted by atomic mass is 32.1. The van der Waals surface area contributed by atoms with Crippen LogP contribution in [0.3, 0.4) is 0 Å². The van der Waals surface area contributed by atoms with Gasteiger partial charge < -0.3 is 10.6 Å². The SMILES string of the molecule is Cc1ccc(CC(=O)N(CCC(N)=S)C2CC2)cc1C. The molecule has 0 spiro atoms. The lowest BCUT2D eigenvalue weighted by Gasteiger charge is -2.22. The van der Waals surface area contributed by atoms with Crippen molar-refractivity contribution in [3.63, 3.8) is 0 Å². The number of amides is 1. The fraction of sp³-hybridized carbons (Fsp3) is 0.500. The van der Waals surface area contributed by atoms with Crippen molar-refractivity contribution in [2.75, 3.05) is 6.54 Å². The van der Waals surface area contributed by atoms with Gasteiger partial charge in [0, 0.05) is 19.0 Å². The van der Waals surface area contributed by atoms with Gasteiger partial charge in [0.25, 0.3) is 0 Å². The van der Waals surface area contributed by atoms with Crippen molar-refractivity contribution in [2.24, 2.45) is 5.73 Å². The van der Waals surface area contributed by atoms with Crippen LogP contribution in [0, 0.1) is 13.8 Å². The van der Waals surface area contributed by atoms with Crippen LogP contribution in [0.5, 0.6) is 0 Å². The quantitative estimate of drug-likeness (QED) is 0.819. The van der Waals surface area contributed by atoms with E-state index in [9.17, 15) is 4.79 Å². The van der Waals surface area contributed by atoms with Crippen LogP contribution in [0.2, 0.25) is 0 Å². The molecule has 0 atom stereocenters. The second-order valence-corrected chi connectivity index (χ2v) is 6.15. The molecular formula is C16H22N2OS. The third-order valence-electron chi connectivity index (χ3n) is 3.83. The topological polar surface area (TPSA) is 46.3 Å². The zero-order valence-electron chi connectivity index (χ0n) is 12.2. The summed E-state index contributed by atoms with van der Waals surface area (Å²) in [5.41, 5.74) is 9.12. The molecule has 1 aromatic carbocycles. The van der Waals surface area contributed by atoms with Crippen molar-refractivity contribution >= 4 is 23.1 Å². The monoisotopic (exact) mass is 290 g/mol. The van der Waals surface area contributed by atoms with Crippen LogP contribution < -0.4 is 5.73 Å². The van der Waals surface area contributed by atoms with Crippen molar-refractivity contribution in [3.05, 3.63) is 34.9 Å². The predicted molar refractivity (Wildman–Crippen MR) is 85.8 cm³/mol. The van der Waals surface area contributed by atoms with Crippen LogP contribution >= 0.6 is 12.2 Å². The average molecular weight is 290 g/mol. The molecule has 2 N–H and O–H groups in total. The molecule has 108 valence electrons. The number of hydrogen-bond acceptors (Lipinski definition) is 2. The first-order chi connectivity index (χ1) is 9.47. The molecule has 3 nitrogen and oxygen atoms in total. The predicted octanol–water partition coefficient (Wildman–Crippen LogP) is 2.51. The smallest absolute Gasteiger partial charge is 0.227 e. The maximum absolute atomic E-state index is 12.4. The zero-order chi connectivity index (χ0) is 14.7. The first-order valence-electron chi connectivity index (χ1n) is 7.11. The lowest BCUT2D eigenvalue weighted by Crippen LogP contribution is -2.36. The first-order valence-corrected chi connectivity index (χ1v) is 7.52. The van der Waals surface area contributed by atoms with E-state index in [1.807, 2.05) is 11.0 Å². The van der Waals surface area contributed by atoms with Crippen LogP contribution in [-0.2, 0) is 11.2 Å². The minimum atomic E-state index is 0.187. The van der Waals surface area contributed by atoms with E-state index in [1.165, 1.54) is 11.1 Å². The third kappa shape index (κ3) is 4.04. The molecular weight excluding hydrogens is 268 g/mol. The fourth-order valence-electron chi connectivity index (χ4n) is 2.32. The van der Waals surface area contributed by atoms with Gasteiger partial charge in [0.05, 0.1) is 11.4 Å². The number of nitrogens with two attached hydrogens (primary N) is 1. The Kier molecular flexibility index (Phi) is 4.76. The summed E-state index contributed by atoms with van der Waals surface area (Å²) in [6.07, 6.45) is 3.30. The van der Waals surface area contributed by atoms with E-state index in [1.54, 1.807) is 0 Å². The summed E-state index contributed by atoms with van der Waals surface area (Å²) in [4.78, 5) is 14.9. The minimum absolute atomic E-state index is 0.187. The summed E-state index contributed by atoms with van der Waals surface area (Å²) in [5, 5.41) is 0. The number of carbonyl (C=O) groups is 1. The van der Waals surface area contributed by atoms with Crippen LogP contribution in [0.25, 0.3) is 0 Å². The molecule has 0 aromatic heterocycles. The average Bonchev–Trinajstić information content (AvgIpc) is 3.18. The van der Waals surface area contributed by atoms with Crippen LogP contribution in [0.1, 0.15) is 36.0 Å². The second kappa shape index (κ2) is 6.35. The van der Waals surface area contributed by atoms with Gasteiger partial charge in [0.2, 0.25) is 5.91 Å². The Balaban J connectivity index is 2.00. The molecule has 0 heterocycles. The summed E-state index contributed by atoms with van der Waals surface area (Å²) in [7, 11) is 0. The molecule has 1 saturated carbocycles. The standard InChI is InChI=1S/C16H22N2OS/c1-11-3-4-13(9-12(11)2)10-16(19)18(14-5-6-14)8-7-15(17)20/h3-4,9,14H,5-8,10H2,1-2H3,(H2,17,20). The van der Waals surface area contributed by atoms with Gasteiger partial charge in [-0.2, -0.15) is 0 Å². The summed E-state index contributed by atoms with van der Waals surface area (Å²) in [6, 6.07) is 6.63. The molecule has 1 fully saturated rings. The molecule has 1 aliphatic carbocycles. The number of hydrogen-bond donors (Lipinski definition) is 1. The van der Waals surface area contributed by atoms with E-state index in [0.29, 0.717) is 30.4 Å². The van der Waals surface area contributed by atoms with Crippen molar-refractivity contribution in [1.82, 2.24) is 4.90 Å². The Morgan fingerprint density at radius 3 is 2.60 bits per heavy atom. The van der Waals surface area contributed by atoms with Gasteiger partial charge >= 0.3 is 0 Å². The Morgan fingerprint density at radius 2 is 2.05 bits per heavy atom. The lowest BCUT2D eigenvalue weighted by molar-refractivity contribution is -0.130. The summed E-state index contributed by atoms with van der Waals surface area (Å²) in [5.74, 6) is 0.187. The van der Waals surface area contributed by atoms with E-state index in [2.05, 4.69) is 26.0 Å². The summed E-state index contributed by atoms with van der Waals surface area (Å²) < 4.78 is 0. The van der Waals surface area contributed by atoms with Gasteiger partial charge in [-0.15, -0.1) is 0 Å². The van der Waals surface area contributed by atoms with Crippen LogP contribution in [-0.4, -0.2) is 28.4 Å². The van der Waals surface area contributed by atoms with Gasteiger partial charge in [-0.1, -0.05) is 30.4 Å². The van der Waals surface area contributed by atoms with Gasteiger partial charge in [-0.3, -0.25) is 4.79 Å². The highest BCUT2D eigenvalue weighted by Crippen LogP contribution is 2.27. The zero-order valence-corrected chi connectivity index (χ0v) is 13.0. The molecule has 2 rings (SSSR count). The highest BCUT2D eigenvalue weighted by Gasteiger charge is 2.32. The van der Waals surface area contributed by atoms with Gasteiger partial charge in [0.1, 0.15) is 0 Å². The summed E-state index contributed by atoms with van der Waals surface area (Å²) in [6.45, 7) is 4.82. The number of carbonyl (C=O) groups excluding carboxylic acids is 1. The van der Waals surface area contributed by atoms with Gasteiger partial charge in [0.15, 0.2) is 0 Å². The molecule has 1 amide bonds. The fourth-order valence-corrected chi connectivity index (χ4v) is 2.41. The number of rotatable bonds is 6. The molecule has 0 bridgehead atoms. The number of aryl methyl sites for hydroxylation is 2. The Bertz CT molecular complexity index is 523. The van der Waals surface area contributed by atoms with E-state index in [-0.39, 0.29) is 5.91 Å². The molecule has 4 heteroatoms. The van der Waals surface area contributed by atoms with Crippen LogP contribution in [0.4, 0.5) is 0 Å². The van der Waals surface area contributed by atoms with Crippen molar-refractivity contribution < 1.29 is 4.79 Å². The highest BCUT2D eigenvalue weighted by molar-refractivity contribution is 7.80. The van der Waals surface area contributed by atoms with Gasteiger partial charge in [-0.05, 0) is 43.4 Å². The molecule has 0 aliphatic heterocycles. The molecule has 0 unspecified atom stereocenters. The first kappa shape index (κ1) is 15.0. The number of benzene rings is 1. The third-order valence-corrected chi connectivity index (χ3v) is 4.04. The van der Waals surface area contributed by atoms with Gasteiger partial charge in [-0.25, -0.2) is 0 Å². The molecule has 1 aliphatic rings. The Labute approximate surface area is 126 Å². The van der Waals surface area contributed by atoms with E-state index >= 15 is 0 Å². The van der Waals surface area contributed by atoms with Crippen molar-refractivity contribution in [2.45, 2.75) is 45.6 Å². The molecule has 0 saturated heterocycles. The largest absolute Gasteiger partial charge is 0.393 e. The van der Waals surface area contributed by atoms with E-state index < -0.39 is 0 Å². The second-order valence-electron chi connectivity index (χ2n) is 5.63. The van der Waals surface area contributed by atoms with Crippen molar-refractivity contribution in [1.29, 1.82) is 0 Å². The molecule has 0 radical (unpaired) electrons. The normalized spacial score (nSPS) is 14.1. The van der Waals surface area contributed by atoms with E-state index in [0.717, 1.165) is 18.4 Å². The lowest BCUT2D eigenvalue weighted by atomic mass is 10.0. The maximum atomic E-state index is 12.4. The summed E-state index contributed by atoms with van der Waals surface area (Å²) >= 11 is 4.91. The van der Waals surface area contributed by atoms with E-state index in [4.69, 9.17) is 18.0 Å².